The number of rotatable bonds is 5. The number of fused-ring (bicyclic) bond motifs is 1. The number of ether oxygens (including phenoxy) is 2. The highest BCUT2D eigenvalue weighted by molar-refractivity contribution is 5.73. The Morgan fingerprint density at radius 1 is 1.39 bits per heavy atom. The number of aliphatic hydroxyl groups excluding tert-OH is 1. The minimum atomic E-state index is -0.0458. The molecule has 3 aliphatic rings. The first-order chi connectivity index (χ1) is 13.3. The molecule has 3 fully saturated rings. The van der Waals surface area contributed by atoms with Crippen molar-refractivity contribution in [3.63, 3.8) is 0 Å². The highest BCUT2D eigenvalue weighted by Gasteiger charge is 2.68. The van der Waals surface area contributed by atoms with Crippen molar-refractivity contribution in [2.45, 2.75) is 65.7 Å². The Labute approximate surface area is 167 Å². The molecular formula is C23H33NO4. The molecule has 5 heteroatoms. The third-order valence-electron chi connectivity index (χ3n) is 7.74. The molecule has 1 amide bonds. The Kier molecular flexibility index (Phi) is 4.95. The lowest BCUT2D eigenvalue weighted by molar-refractivity contribution is -0.136. The van der Waals surface area contributed by atoms with E-state index in [1.807, 2.05) is 19.1 Å². The Morgan fingerprint density at radius 3 is 2.86 bits per heavy atom. The van der Waals surface area contributed by atoms with Crippen molar-refractivity contribution in [1.29, 1.82) is 0 Å². The van der Waals surface area contributed by atoms with Gasteiger partial charge in [0, 0.05) is 25.1 Å². The normalized spacial score (nSPS) is 35.5. The van der Waals surface area contributed by atoms with E-state index in [1.54, 1.807) is 6.92 Å². The summed E-state index contributed by atoms with van der Waals surface area (Å²) in [6.07, 6.45) is 3.31. The molecule has 1 aromatic rings. The largest absolute Gasteiger partial charge is 0.494 e. The molecule has 2 saturated carbocycles. The van der Waals surface area contributed by atoms with Crippen molar-refractivity contribution in [3.8, 4) is 5.75 Å². The molecule has 2 N–H and O–H groups in total. The first-order valence-corrected chi connectivity index (χ1v) is 10.6. The molecular weight excluding hydrogens is 354 g/mol. The van der Waals surface area contributed by atoms with E-state index < -0.39 is 0 Å². The van der Waals surface area contributed by atoms with Crippen LogP contribution in [0.2, 0.25) is 0 Å². The summed E-state index contributed by atoms with van der Waals surface area (Å²) in [7, 11) is 0. The van der Waals surface area contributed by atoms with E-state index in [0.29, 0.717) is 25.0 Å². The molecule has 1 unspecified atom stereocenters. The van der Waals surface area contributed by atoms with E-state index in [0.717, 1.165) is 29.7 Å². The monoisotopic (exact) mass is 387 g/mol. The molecule has 0 aromatic heterocycles. The van der Waals surface area contributed by atoms with Crippen LogP contribution in [0.25, 0.3) is 0 Å². The summed E-state index contributed by atoms with van der Waals surface area (Å²) in [6, 6.07) is 6.27. The van der Waals surface area contributed by atoms with Crippen LogP contribution in [0.15, 0.2) is 18.2 Å². The third kappa shape index (κ3) is 2.86. The van der Waals surface area contributed by atoms with Crippen LogP contribution in [0.1, 0.15) is 64.2 Å². The predicted octanol–water partition coefficient (Wildman–Crippen LogP) is 3.60. The number of hydrogen-bond acceptors (Lipinski definition) is 4. The van der Waals surface area contributed by atoms with Crippen LogP contribution in [0.3, 0.4) is 0 Å². The zero-order valence-electron chi connectivity index (χ0n) is 17.5. The number of aliphatic hydroxyl groups is 1. The summed E-state index contributed by atoms with van der Waals surface area (Å²) in [5.41, 5.74) is 2.13. The lowest BCUT2D eigenvalue weighted by atomic mass is 9.59. The van der Waals surface area contributed by atoms with E-state index in [4.69, 9.17) is 9.47 Å². The van der Waals surface area contributed by atoms with E-state index in [2.05, 4.69) is 25.2 Å². The number of nitrogens with one attached hydrogen (secondary N) is 1. The van der Waals surface area contributed by atoms with Crippen molar-refractivity contribution < 1.29 is 19.4 Å². The maximum absolute atomic E-state index is 12.0. The Hall–Kier alpha value is -1.59. The van der Waals surface area contributed by atoms with Gasteiger partial charge in [0.15, 0.2) is 0 Å². The van der Waals surface area contributed by atoms with Crippen molar-refractivity contribution in [3.05, 3.63) is 29.3 Å². The topological polar surface area (TPSA) is 67.8 Å². The number of benzene rings is 1. The van der Waals surface area contributed by atoms with Gasteiger partial charge in [-0.25, -0.2) is 0 Å². The fraction of sp³-hybridized carbons (Fsp3) is 0.696. The third-order valence-corrected chi connectivity index (χ3v) is 7.74. The first kappa shape index (κ1) is 19.7. The summed E-state index contributed by atoms with van der Waals surface area (Å²) in [5, 5.41) is 13.1. The van der Waals surface area contributed by atoms with Crippen LogP contribution in [0.5, 0.6) is 5.75 Å². The Morgan fingerprint density at radius 2 is 2.18 bits per heavy atom. The lowest BCUT2D eigenvalue weighted by Crippen LogP contribution is -2.58. The molecule has 28 heavy (non-hydrogen) atoms. The predicted molar refractivity (Wildman–Crippen MR) is 107 cm³/mol. The maximum atomic E-state index is 12.0. The second-order valence-electron chi connectivity index (χ2n) is 9.43. The molecule has 5 atom stereocenters. The molecule has 1 spiro atoms. The molecule has 2 aliphatic carbocycles. The first-order valence-electron chi connectivity index (χ1n) is 10.6. The van der Waals surface area contributed by atoms with Crippen LogP contribution in [-0.2, 0) is 16.1 Å². The summed E-state index contributed by atoms with van der Waals surface area (Å²) < 4.78 is 12.0. The molecule has 1 aliphatic heterocycles. The van der Waals surface area contributed by atoms with Gasteiger partial charge in [0.05, 0.1) is 19.3 Å². The number of hydrogen-bond donors (Lipinski definition) is 2. The minimum Gasteiger partial charge on any atom is -0.494 e. The zero-order chi connectivity index (χ0) is 20.1. The fourth-order valence-electron chi connectivity index (χ4n) is 6.52. The van der Waals surface area contributed by atoms with Gasteiger partial charge in [0.1, 0.15) is 5.75 Å². The zero-order valence-corrected chi connectivity index (χ0v) is 17.5. The van der Waals surface area contributed by atoms with Gasteiger partial charge in [-0.15, -0.1) is 0 Å². The van der Waals surface area contributed by atoms with Crippen molar-refractivity contribution >= 4 is 5.91 Å². The molecule has 5 nitrogen and oxygen atoms in total. The Balaban J connectivity index is 1.68. The van der Waals surface area contributed by atoms with Gasteiger partial charge in [-0.1, -0.05) is 19.9 Å². The highest BCUT2D eigenvalue weighted by Crippen LogP contribution is 2.70. The quantitative estimate of drug-likeness (QED) is 0.810. The van der Waals surface area contributed by atoms with E-state index in [9.17, 15) is 9.90 Å². The van der Waals surface area contributed by atoms with Crippen LogP contribution in [0.4, 0.5) is 0 Å². The van der Waals surface area contributed by atoms with Crippen LogP contribution < -0.4 is 10.1 Å². The van der Waals surface area contributed by atoms with Gasteiger partial charge in [-0.3, -0.25) is 4.79 Å². The molecule has 2 bridgehead atoms. The van der Waals surface area contributed by atoms with E-state index >= 15 is 0 Å². The lowest BCUT2D eigenvalue weighted by Gasteiger charge is -2.53. The molecule has 1 heterocycles. The molecule has 0 radical (unpaired) electrons. The summed E-state index contributed by atoms with van der Waals surface area (Å²) in [6.45, 7) is 9.44. The van der Waals surface area contributed by atoms with Gasteiger partial charge in [0.25, 0.3) is 0 Å². The standard InChI is InChI=1S/C23H33NO4/c1-5-27-19-7-6-15(10-16(19)13-25)20-18-11-17-12-23(18,8-9-28-20)21(22(17,3)4)24-14(2)26/h6-7,10,17-18,20-21,25H,5,8-9,11-13H2,1-4H3,(H,24,26)/t17-,18-,20-,21+,23?/m1/s1. The van der Waals surface area contributed by atoms with Gasteiger partial charge in [-0.2, -0.15) is 0 Å². The average Bonchev–Trinajstić information content (AvgIpc) is 3.15. The second kappa shape index (κ2) is 7.03. The summed E-state index contributed by atoms with van der Waals surface area (Å²) >= 11 is 0. The molecule has 1 aromatic carbocycles. The smallest absolute Gasteiger partial charge is 0.217 e. The fourth-order valence-corrected chi connectivity index (χ4v) is 6.52. The van der Waals surface area contributed by atoms with Crippen molar-refractivity contribution in [2.75, 3.05) is 13.2 Å². The molecule has 154 valence electrons. The molecule has 4 rings (SSSR count). The maximum Gasteiger partial charge on any atom is 0.217 e. The Bertz CT molecular complexity index is 761. The summed E-state index contributed by atoms with van der Waals surface area (Å²) in [4.78, 5) is 12.0. The van der Waals surface area contributed by atoms with Crippen molar-refractivity contribution in [1.82, 2.24) is 5.32 Å². The number of carbonyl (C=O) groups excluding carboxylic acids is 1. The van der Waals surface area contributed by atoms with Gasteiger partial charge >= 0.3 is 0 Å². The van der Waals surface area contributed by atoms with Gasteiger partial charge in [0.2, 0.25) is 5.91 Å². The van der Waals surface area contributed by atoms with Crippen LogP contribution in [-0.4, -0.2) is 30.3 Å². The van der Waals surface area contributed by atoms with Crippen LogP contribution >= 0.6 is 0 Å². The number of carbonyl (C=O) groups is 1. The second-order valence-corrected chi connectivity index (χ2v) is 9.43. The average molecular weight is 388 g/mol. The van der Waals surface area contributed by atoms with Gasteiger partial charge < -0.3 is 19.9 Å². The van der Waals surface area contributed by atoms with E-state index in [1.165, 1.54) is 6.42 Å². The van der Waals surface area contributed by atoms with E-state index in [-0.39, 0.29) is 35.5 Å². The molecule has 1 saturated heterocycles. The van der Waals surface area contributed by atoms with Gasteiger partial charge in [-0.05, 0) is 66.5 Å². The minimum absolute atomic E-state index is 0.00656. The van der Waals surface area contributed by atoms with Crippen molar-refractivity contribution in [2.24, 2.45) is 22.7 Å². The SMILES string of the molecule is CCOc1ccc([C@H]2OCCC34C[C@@H](C[C@H]23)C(C)(C)[C@@H]4NC(C)=O)cc1CO. The highest BCUT2D eigenvalue weighted by atomic mass is 16.5. The van der Waals surface area contributed by atoms with Crippen LogP contribution in [0, 0.1) is 22.7 Å². The number of amides is 1. The summed E-state index contributed by atoms with van der Waals surface area (Å²) in [5.74, 6) is 1.79.